The number of unbranched alkanes of at least 4 members (excludes halogenated alkanes) is 1. The third-order valence-electron chi connectivity index (χ3n) is 2.88. The molecule has 0 bridgehead atoms. The molecular weight excluding hydrogens is 204 g/mol. The van der Waals surface area contributed by atoms with Crippen LogP contribution >= 0.6 is 0 Å². The Hall–Kier alpha value is -1.30. The standard InChI is InChI=1S/C17H24/c1-4-7-10-15-11-13-17(14-12-15)16(8-5-2)9-6-3/h5,8-9,11-14H,4,6-7,10H2,1-3H3/b8-5-,16-9+. The minimum absolute atomic E-state index is 1.08. The van der Waals surface area contributed by atoms with Gasteiger partial charge in [0.05, 0.1) is 0 Å². The van der Waals surface area contributed by atoms with E-state index in [-0.39, 0.29) is 0 Å². The fraction of sp³-hybridized carbons (Fsp3) is 0.412. The van der Waals surface area contributed by atoms with Crippen LogP contribution in [-0.4, -0.2) is 0 Å². The van der Waals surface area contributed by atoms with E-state index in [1.807, 2.05) is 0 Å². The van der Waals surface area contributed by atoms with E-state index in [4.69, 9.17) is 0 Å². The van der Waals surface area contributed by atoms with Gasteiger partial charge in [-0.3, -0.25) is 0 Å². The molecule has 0 unspecified atom stereocenters. The number of allylic oxidation sites excluding steroid dienone is 4. The summed E-state index contributed by atoms with van der Waals surface area (Å²) in [5, 5.41) is 0. The SMILES string of the molecule is C/C=C\C(=C/CC)c1ccc(CCCC)cc1. The number of hydrogen-bond donors (Lipinski definition) is 0. The maximum atomic E-state index is 2.28. The first-order valence-electron chi connectivity index (χ1n) is 6.74. The van der Waals surface area contributed by atoms with Crippen LogP contribution in [0.25, 0.3) is 5.57 Å². The summed E-state index contributed by atoms with van der Waals surface area (Å²) < 4.78 is 0. The lowest BCUT2D eigenvalue weighted by atomic mass is 10.0. The molecule has 0 fully saturated rings. The van der Waals surface area contributed by atoms with Gasteiger partial charge in [-0.15, -0.1) is 0 Å². The molecule has 0 heterocycles. The van der Waals surface area contributed by atoms with Gasteiger partial charge in [-0.2, -0.15) is 0 Å². The van der Waals surface area contributed by atoms with Crippen LogP contribution in [-0.2, 0) is 6.42 Å². The highest BCUT2D eigenvalue weighted by Gasteiger charge is 1.98. The third kappa shape index (κ3) is 4.60. The van der Waals surface area contributed by atoms with Gasteiger partial charge in [0.15, 0.2) is 0 Å². The van der Waals surface area contributed by atoms with Crippen molar-refractivity contribution < 1.29 is 0 Å². The molecule has 1 aromatic carbocycles. The van der Waals surface area contributed by atoms with Crippen molar-refractivity contribution in [3.05, 3.63) is 53.6 Å². The molecular formula is C17H24. The van der Waals surface area contributed by atoms with Gasteiger partial charge in [-0.25, -0.2) is 0 Å². The molecule has 0 amide bonds. The number of aryl methyl sites for hydroxylation is 1. The van der Waals surface area contributed by atoms with Crippen LogP contribution in [0.1, 0.15) is 51.2 Å². The van der Waals surface area contributed by atoms with Crippen LogP contribution < -0.4 is 0 Å². The van der Waals surface area contributed by atoms with Crippen LogP contribution in [0.15, 0.2) is 42.5 Å². The fourth-order valence-electron chi connectivity index (χ4n) is 1.93. The molecule has 92 valence electrons. The third-order valence-corrected chi connectivity index (χ3v) is 2.88. The quantitative estimate of drug-likeness (QED) is 0.572. The summed E-state index contributed by atoms with van der Waals surface area (Å²) >= 11 is 0. The maximum Gasteiger partial charge on any atom is -0.0187 e. The van der Waals surface area contributed by atoms with Gasteiger partial charge in [0.1, 0.15) is 0 Å². The molecule has 0 radical (unpaired) electrons. The first-order chi connectivity index (χ1) is 8.31. The lowest BCUT2D eigenvalue weighted by Gasteiger charge is -2.05. The molecule has 0 spiro atoms. The molecule has 0 saturated heterocycles. The molecule has 0 atom stereocenters. The van der Waals surface area contributed by atoms with E-state index < -0.39 is 0 Å². The van der Waals surface area contributed by atoms with Crippen LogP contribution in [0, 0.1) is 0 Å². The zero-order chi connectivity index (χ0) is 12.5. The smallest absolute Gasteiger partial charge is 0.0187 e. The Bertz CT molecular complexity index is 366. The Morgan fingerprint density at radius 3 is 2.35 bits per heavy atom. The van der Waals surface area contributed by atoms with Crippen molar-refractivity contribution in [2.45, 2.75) is 46.5 Å². The zero-order valence-electron chi connectivity index (χ0n) is 11.4. The number of benzene rings is 1. The fourth-order valence-corrected chi connectivity index (χ4v) is 1.93. The van der Waals surface area contributed by atoms with E-state index >= 15 is 0 Å². The molecule has 0 aliphatic heterocycles. The summed E-state index contributed by atoms with van der Waals surface area (Å²) in [6, 6.07) is 9.01. The van der Waals surface area contributed by atoms with Gasteiger partial charge < -0.3 is 0 Å². The van der Waals surface area contributed by atoms with Crippen molar-refractivity contribution in [1.29, 1.82) is 0 Å². The van der Waals surface area contributed by atoms with E-state index in [9.17, 15) is 0 Å². The van der Waals surface area contributed by atoms with Gasteiger partial charge in [-0.1, -0.05) is 62.8 Å². The molecule has 0 aliphatic carbocycles. The summed E-state index contributed by atoms with van der Waals surface area (Å²) in [5.74, 6) is 0. The monoisotopic (exact) mass is 228 g/mol. The molecule has 17 heavy (non-hydrogen) atoms. The van der Waals surface area contributed by atoms with Crippen molar-refractivity contribution in [2.24, 2.45) is 0 Å². The summed E-state index contributed by atoms with van der Waals surface area (Å²) in [5.41, 5.74) is 4.11. The van der Waals surface area contributed by atoms with Crippen LogP contribution in [0.4, 0.5) is 0 Å². The van der Waals surface area contributed by atoms with E-state index in [0.29, 0.717) is 0 Å². The Kier molecular flexibility index (Phi) is 6.39. The van der Waals surface area contributed by atoms with Crippen LogP contribution in [0.2, 0.25) is 0 Å². The highest BCUT2D eigenvalue weighted by Crippen LogP contribution is 2.18. The average Bonchev–Trinajstić information content (AvgIpc) is 2.37. The second-order valence-electron chi connectivity index (χ2n) is 4.37. The van der Waals surface area contributed by atoms with E-state index in [1.54, 1.807) is 0 Å². The zero-order valence-corrected chi connectivity index (χ0v) is 11.4. The second-order valence-corrected chi connectivity index (χ2v) is 4.37. The van der Waals surface area contributed by atoms with Gasteiger partial charge in [-0.05, 0) is 42.9 Å². The molecule has 0 heteroatoms. The predicted molar refractivity (Wildman–Crippen MR) is 78.1 cm³/mol. The van der Waals surface area contributed by atoms with Crippen molar-refractivity contribution in [3.63, 3.8) is 0 Å². The van der Waals surface area contributed by atoms with Crippen molar-refractivity contribution in [1.82, 2.24) is 0 Å². The van der Waals surface area contributed by atoms with Gasteiger partial charge >= 0.3 is 0 Å². The molecule has 0 N–H and O–H groups in total. The normalized spacial score (nSPS) is 12.3. The summed E-state index contributed by atoms with van der Waals surface area (Å²) in [6.07, 6.45) is 11.4. The minimum atomic E-state index is 1.08. The first-order valence-corrected chi connectivity index (χ1v) is 6.74. The number of hydrogen-bond acceptors (Lipinski definition) is 0. The lowest BCUT2D eigenvalue weighted by Crippen LogP contribution is -1.86. The van der Waals surface area contributed by atoms with Crippen molar-refractivity contribution in [3.8, 4) is 0 Å². The largest absolute Gasteiger partial charge is 0.0871 e. The topological polar surface area (TPSA) is 0 Å². The van der Waals surface area contributed by atoms with Crippen LogP contribution in [0.3, 0.4) is 0 Å². The molecule has 0 aliphatic rings. The van der Waals surface area contributed by atoms with Gasteiger partial charge in [0.2, 0.25) is 0 Å². The molecule has 0 aromatic heterocycles. The van der Waals surface area contributed by atoms with Gasteiger partial charge in [0, 0.05) is 0 Å². The predicted octanol–water partition coefficient (Wildman–Crippen LogP) is 5.40. The summed E-state index contributed by atoms with van der Waals surface area (Å²) in [6.45, 7) is 6.49. The van der Waals surface area contributed by atoms with E-state index in [2.05, 4.69) is 63.3 Å². The average molecular weight is 228 g/mol. The Balaban J connectivity index is 2.81. The molecule has 0 nitrogen and oxygen atoms in total. The van der Waals surface area contributed by atoms with Gasteiger partial charge in [0.25, 0.3) is 0 Å². The van der Waals surface area contributed by atoms with Crippen molar-refractivity contribution in [2.75, 3.05) is 0 Å². The highest BCUT2D eigenvalue weighted by atomic mass is 14.0. The Labute approximate surface area is 106 Å². The minimum Gasteiger partial charge on any atom is -0.0871 e. The highest BCUT2D eigenvalue weighted by molar-refractivity contribution is 5.73. The van der Waals surface area contributed by atoms with E-state index in [1.165, 1.54) is 36.0 Å². The summed E-state index contributed by atoms with van der Waals surface area (Å²) in [7, 11) is 0. The maximum absolute atomic E-state index is 2.28. The second kappa shape index (κ2) is 7.89. The Morgan fingerprint density at radius 2 is 1.82 bits per heavy atom. The summed E-state index contributed by atoms with van der Waals surface area (Å²) in [4.78, 5) is 0. The van der Waals surface area contributed by atoms with Crippen molar-refractivity contribution >= 4 is 5.57 Å². The number of rotatable bonds is 6. The van der Waals surface area contributed by atoms with Crippen LogP contribution in [0.5, 0.6) is 0 Å². The first kappa shape index (κ1) is 13.8. The molecule has 1 rings (SSSR count). The lowest BCUT2D eigenvalue weighted by molar-refractivity contribution is 0.795. The molecule has 1 aromatic rings. The Morgan fingerprint density at radius 1 is 1.12 bits per heavy atom. The molecule has 0 saturated carbocycles. The van der Waals surface area contributed by atoms with E-state index in [0.717, 1.165) is 6.42 Å².